The van der Waals surface area contributed by atoms with E-state index in [-0.39, 0.29) is 11.5 Å². The number of hydrogen-bond acceptors (Lipinski definition) is 5. The Morgan fingerprint density at radius 3 is 2.76 bits per heavy atom. The number of thiocarbonyl (C=S) groups is 1. The predicted octanol–water partition coefficient (Wildman–Crippen LogP) is 0.936. The molecule has 0 amide bonds. The maximum absolute atomic E-state index is 11.9. The Kier molecular flexibility index (Phi) is 4.99. The Morgan fingerprint density at radius 1 is 1.71 bits per heavy atom. The lowest BCUT2D eigenvalue weighted by Gasteiger charge is -2.14. The third-order valence-corrected chi connectivity index (χ3v) is 5.59. The van der Waals surface area contributed by atoms with Crippen molar-refractivity contribution in [2.45, 2.75) is 32.1 Å². The molecule has 0 aliphatic heterocycles. The van der Waals surface area contributed by atoms with E-state index in [9.17, 15) is 8.42 Å². The lowest BCUT2D eigenvalue weighted by Crippen LogP contribution is -2.41. The third kappa shape index (κ3) is 3.70. The molecular weight excluding hydrogens is 278 g/mol. The zero-order chi connectivity index (χ0) is 13.1. The van der Waals surface area contributed by atoms with Crippen LogP contribution in [0.1, 0.15) is 23.9 Å². The van der Waals surface area contributed by atoms with Crippen molar-refractivity contribution in [2.75, 3.05) is 0 Å². The molecule has 0 aliphatic carbocycles. The predicted molar refractivity (Wildman–Crippen MR) is 73.5 cm³/mol. The lowest BCUT2D eigenvalue weighted by atomic mass is 10.3. The quantitative estimate of drug-likeness (QED) is 0.762. The average molecular weight is 293 g/mol. The molecule has 0 saturated carbocycles. The second-order valence-electron chi connectivity index (χ2n) is 3.53. The van der Waals surface area contributed by atoms with Crippen molar-refractivity contribution < 1.29 is 8.42 Å². The minimum Gasteiger partial charge on any atom is -0.392 e. The summed E-state index contributed by atoms with van der Waals surface area (Å²) >= 11 is 6.17. The summed E-state index contributed by atoms with van der Waals surface area (Å²) in [6, 6.07) is 0. The topological polar surface area (TPSA) is 85.1 Å². The molecule has 0 bridgehead atoms. The molecule has 0 aromatic carbocycles. The Balaban J connectivity index is 2.74. The van der Waals surface area contributed by atoms with E-state index < -0.39 is 15.3 Å². The number of nitrogens with zero attached hydrogens (tertiary/aromatic N) is 1. The van der Waals surface area contributed by atoms with Crippen LogP contribution in [0.25, 0.3) is 0 Å². The third-order valence-electron chi connectivity index (χ3n) is 2.34. The Labute approximate surface area is 110 Å². The molecule has 5 nitrogen and oxygen atoms in total. The van der Waals surface area contributed by atoms with E-state index in [0.717, 1.165) is 10.6 Å². The van der Waals surface area contributed by atoms with Crippen molar-refractivity contribution in [3.05, 3.63) is 16.1 Å². The van der Waals surface area contributed by atoms with Crippen LogP contribution in [-0.4, -0.2) is 23.6 Å². The molecular formula is C9H15N3O2S3. The normalized spacial score (nSPS) is 13.5. The zero-order valence-electron chi connectivity index (χ0n) is 9.63. The molecule has 0 spiro atoms. The van der Waals surface area contributed by atoms with Gasteiger partial charge in [0.15, 0.2) is 0 Å². The maximum Gasteiger partial charge on any atom is 0.221 e. The first-order chi connectivity index (χ1) is 7.88. The van der Waals surface area contributed by atoms with Crippen LogP contribution in [0.4, 0.5) is 0 Å². The molecule has 0 aliphatic rings. The van der Waals surface area contributed by atoms with Crippen LogP contribution in [0.5, 0.6) is 0 Å². The van der Waals surface area contributed by atoms with Gasteiger partial charge in [0.25, 0.3) is 0 Å². The lowest BCUT2D eigenvalue weighted by molar-refractivity contribution is 0.574. The minimum absolute atomic E-state index is 0.000950. The van der Waals surface area contributed by atoms with Gasteiger partial charge in [-0.25, -0.2) is 18.1 Å². The van der Waals surface area contributed by atoms with Crippen LogP contribution < -0.4 is 10.5 Å². The van der Waals surface area contributed by atoms with Gasteiger partial charge in [-0.2, -0.15) is 0 Å². The highest BCUT2D eigenvalue weighted by Gasteiger charge is 2.26. The van der Waals surface area contributed by atoms with Crippen molar-refractivity contribution in [2.24, 2.45) is 5.73 Å². The van der Waals surface area contributed by atoms with E-state index in [1.807, 2.05) is 6.92 Å². The van der Waals surface area contributed by atoms with Crippen LogP contribution in [0.3, 0.4) is 0 Å². The summed E-state index contributed by atoms with van der Waals surface area (Å²) in [5.41, 5.74) is 7.93. The van der Waals surface area contributed by atoms with Gasteiger partial charge in [0.05, 0.1) is 16.2 Å². The fourth-order valence-electron chi connectivity index (χ4n) is 1.34. The number of aromatic nitrogens is 1. The van der Waals surface area contributed by atoms with E-state index in [0.29, 0.717) is 6.42 Å². The molecule has 3 N–H and O–H groups in total. The van der Waals surface area contributed by atoms with Gasteiger partial charge in [-0.3, -0.25) is 0 Å². The summed E-state index contributed by atoms with van der Waals surface area (Å²) in [5, 5.41) is -0.814. The molecule has 17 heavy (non-hydrogen) atoms. The molecule has 0 radical (unpaired) electrons. The first-order valence-corrected chi connectivity index (χ1v) is 7.88. The highest BCUT2D eigenvalue weighted by atomic mass is 32.2. The average Bonchev–Trinajstić information content (AvgIpc) is 2.61. The molecule has 1 heterocycles. The number of hydrogen-bond donors (Lipinski definition) is 2. The van der Waals surface area contributed by atoms with Gasteiger partial charge in [-0.15, -0.1) is 11.3 Å². The zero-order valence-corrected chi connectivity index (χ0v) is 12.1. The Hall–Kier alpha value is -0.570. The minimum atomic E-state index is -3.50. The SMILES string of the molecule is CCC(C(N)=S)S(=O)(=O)NCc1scnc1C. The van der Waals surface area contributed by atoms with Crippen LogP contribution in [0.2, 0.25) is 0 Å². The fraction of sp³-hybridized carbons (Fsp3) is 0.556. The van der Waals surface area contributed by atoms with Crippen LogP contribution in [0, 0.1) is 6.92 Å². The highest BCUT2D eigenvalue weighted by molar-refractivity contribution is 7.93. The van der Waals surface area contributed by atoms with Gasteiger partial charge in [-0.05, 0) is 13.3 Å². The molecule has 1 atom stereocenters. The first-order valence-electron chi connectivity index (χ1n) is 5.05. The van der Waals surface area contributed by atoms with Crippen molar-refractivity contribution in [1.82, 2.24) is 9.71 Å². The molecule has 0 saturated heterocycles. The van der Waals surface area contributed by atoms with Crippen molar-refractivity contribution in [1.29, 1.82) is 0 Å². The highest BCUT2D eigenvalue weighted by Crippen LogP contribution is 2.13. The Bertz CT molecular complexity index is 495. The number of nitrogens with two attached hydrogens (primary N) is 1. The van der Waals surface area contributed by atoms with Gasteiger partial charge >= 0.3 is 0 Å². The van der Waals surface area contributed by atoms with Crippen LogP contribution >= 0.6 is 23.6 Å². The molecule has 1 rings (SSSR count). The molecule has 1 unspecified atom stereocenters. The number of aryl methyl sites for hydroxylation is 1. The van der Waals surface area contributed by atoms with Gasteiger partial charge in [0.2, 0.25) is 10.0 Å². The van der Waals surface area contributed by atoms with E-state index in [4.69, 9.17) is 18.0 Å². The van der Waals surface area contributed by atoms with Crippen molar-refractivity contribution in [3.63, 3.8) is 0 Å². The van der Waals surface area contributed by atoms with E-state index in [2.05, 4.69) is 9.71 Å². The fourth-order valence-corrected chi connectivity index (χ4v) is 3.98. The van der Waals surface area contributed by atoms with Gasteiger partial charge in [-0.1, -0.05) is 19.1 Å². The summed E-state index contributed by atoms with van der Waals surface area (Å²) in [5.74, 6) is 0. The largest absolute Gasteiger partial charge is 0.392 e. The number of nitrogens with one attached hydrogen (secondary N) is 1. The molecule has 1 aromatic heterocycles. The summed E-state index contributed by atoms with van der Waals surface area (Å²) in [6.45, 7) is 3.81. The second-order valence-corrected chi connectivity index (χ2v) is 6.88. The van der Waals surface area contributed by atoms with Crippen LogP contribution in [-0.2, 0) is 16.6 Å². The van der Waals surface area contributed by atoms with Crippen molar-refractivity contribution in [3.8, 4) is 0 Å². The molecule has 0 fully saturated rings. The summed E-state index contributed by atoms with van der Waals surface area (Å²) in [4.78, 5) is 4.95. The summed E-state index contributed by atoms with van der Waals surface area (Å²) < 4.78 is 26.3. The molecule has 96 valence electrons. The Morgan fingerprint density at radius 2 is 2.35 bits per heavy atom. The number of sulfonamides is 1. The summed E-state index contributed by atoms with van der Waals surface area (Å²) in [6.07, 6.45) is 0.367. The molecule has 1 aromatic rings. The maximum atomic E-state index is 11.9. The van der Waals surface area contributed by atoms with E-state index >= 15 is 0 Å². The summed E-state index contributed by atoms with van der Waals surface area (Å²) in [7, 11) is -3.50. The monoisotopic (exact) mass is 293 g/mol. The van der Waals surface area contributed by atoms with Gasteiger partial charge in [0.1, 0.15) is 5.25 Å². The standard InChI is InChI=1S/C9H15N3O2S3/c1-3-8(9(10)15)17(13,14)12-4-7-6(2)11-5-16-7/h5,8,12H,3-4H2,1-2H3,(H2,10,15). The van der Waals surface area contributed by atoms with Gasteiger partial charge < -0.3 is 5.73 Å². The van der Waals surface area contributed by atoms with Gasteiger partial charge in [0, 0.05) is 11.4 Å². The van der Waals surface area contributed by atoms with E-state index in [1.165, 1.54) is 11.3 Å². The second kappa shape index (κ2) is 5.85. The van der Waals surface area contributed by atoms with Crippen LogP contribution in [0.15, 0.2) is 5.51 Å². The van der Waals surface area contributed by atoms with Crippen molar-refractivity contribution >= 4 is 38.6 Å². The molecule has 8 heteroatoms. The smallest absolute Gasteiger partial charge is 0.221 e. The van der Waals surface area contributed by atoms with E-state index in [1.54, 1.807) is 12.4 Å². The number of rotatable bonds is 6. The number of thiazole rings is 1. The first kappa shape index (κ1) is 14.5.